The molecule has 0 bridgehead atoms. The number of carbonyl (C=O) groups excluding carboxylic acids is 1. The van der Waals surface area contributed by atoms with Crippen molar-refractivity contribution in [2.45, 2.75) is 0 Å². The number of furan rings is 1. The molecule has 0 spiro atoms. The van der Waals surface area contributed by atoms with Crippen LogP contribution in [0.5, 0.6) is 0 Å². The zero-order chi connectivity index (χ0) is 18.7. The fraction of sp³-hybridized carbons (Fsp3) is 0.263. The van der Waals surface area contributed by atoms with Crippen LogP contribution in [0.4, 0.5) is 0 Å². The van der Waals surface area contributed by atoms with Gasteiger partial charge in [0.2, 0.25) is 0 Å². The van der Waals surface area contributed by atoms with Gasteiger partial charge in [-0.3, -0.25) is 4.79 Å². The van der Waals surface area contributed by atoms with E-state index in [2.05, 4.69) is 4.90 Å². The molecule has 0 unspecified atom stereocenters. The number of nitrogens with zero attached hydrogens (tertiary/aromatic N) is 3. The van der Waals surface area contributed by atoms with E-state index >= 15 is 0 Å². The minimum Gasteiger partial charge on any atom is -0.457 e. The lowest BCUT2D eigenvalue weighted by molar-refractivity contribution is -0.128. The van der Waals surface area contributed by atoms with Gasteiger partial charge in [-0.05, 0) is 37.4 Å². The molecular formula is C19H17Cl2N3O2. The summed E-state index contributed by atoms with van der Waals surface area (Å²) in [5, 5.41) is 10.4. The third-order valence-corrected chi connectivity index (χ3v) is 4.81. The Kier molecular flexibility index (Phi) is 5.67. The zero-order valence-electron chi connectivity index (χ0n) is 14.2. The Labute approximate surface area is 162 Å². The first-order valence-corrected chi connectivity index (χ1v) is 8.88. The number of benzene rings is 1. The highest BCUT2D eigenvalue weighted by atomic mass is 35.5. The van der Waals surface area contributed by atoms with Crippen molar-refractivity contribution in [2.24, 2.45) is 0 Å². The van der Waals surface area contributed by atoms with Gasteiger partial charge in [0, 0.05) is 42.8 Å². The van der Waals surface area contributed by atoms with Gasteiger partial charge in [0.05, 0.1) is 5.02 Å². The van der Waals surface area contributed by atoms with E-state index in [-0.39, 0.29) is 11.5 Å². The van der Waals surface area contributed by atoms with Crippen molar-refractivity contribution in [2.75, 3.05) is 33.2 Å². The van der Waals surface area contributed by atoms with Crippen molar-refractivity contribution < 1.29 is 9.21 Å². The van der Waals surface area contributed by atoms with Crippen LogP contribution in [0.1, 0.15) is 5.76 Å². The molecule has 2 aromatic rings. The number of rotatable bonds is 3. The fourth-order valence-electron chi connectivity index (χ4n) is 2.73. The summed E-state index contributed by atoms with van der Waals surface area (Å²) in [4.78, 5) is 16.4. The third kappa shape index (κ3) is 4.10. The summed E-state index contributed by atoms with van der Waals surface area (Å²) in [6.45, 7) is 2.80. The largest absolute Gasteiger partial charge is 0.457 e. The first kappa shape index (κ1) is 18.5. The summed E-state index contributed by atoms with van der Waals surface area (Å²) in [5.41, 5.74) is 0.704. The second-order valence-electron chi connectivity index (χ2n) is 6.09. The Balaban J connectivity index is 1.82. The minimum absolute atomic E-state index is 0.0487. The van der Waals surface area contributed by atoms with Gasteiger partial charge in [0.25, 0.3) is 5.91 Å². The quantitative estimate of drug-likeness (QED) is 0.589. The van der Waals surface area contributed by atoms with Gasteiger partial charge < -0.3 is 14.2 Å². The molecule has 0 atom stereocenters. The summed E-state index contributed by atoms with van der Waals surface area (Å²) >= 11 is 12.2. The number of likely N-dealkylation sites (N-methyl/N-ethyl adjacent to an activating group) is 1. The van der Waals surface area contributed by atoms with Crippen LogP contribution in [0, 0.1) is 11.3 Å². The first-order valence-electron chi connectivity index (χ1n) is 8.13. The van der Waals surface area contributed by atoms with Crippen molar-refractivity contribution in [3.8, 4) is 17.4 Å². The van der Waals surface area contributed by atoms with Crippen molar-refractivity contribution in [3.63, 3.8) is 0 Å². The summed E-state index contributed by atoms with van der Waals surface area (Å²) < 4.78 is 5.74. The molecular weight excluding hydrogens is 373 g/mol. The predicted molar refractivity (Wildman–Crippen MR) is 102 cm³/mol. The molecule has 3 rings (SSSR count). The Bertz CT molecular complexity index is 890. The van der Waals surface area contributed by atoms with Crippen molar-refractivity contribution in [1.82, 2.24) is 9.80 Å². The van der Waals surface area contributed by atoms with Gasteiger partial charge in [-0.1, -0.05) is 23.2 Å². The number of nitriles is 1. The number of hydrogen-bond acceptors (Lipinski definition) is 4. The van der Waals surface area contributed by atoms with E-state index in [4.69, 9.17) is 27.6 Å². The maximum Gasteiger partial charge on any atom is 0.264 e. The number of piperazine rings is 1. The van der Waals surface area contributed by atoms with Gasteiger partial charge in [0.1, 0.15) is 23.2 Å². The third-order valence-electron chi connectivity index (χ3n) is 4.25. The second kappa shape index (κ2) is 7.96. The Morgan fingerprint density at radius 1 is 1.19 bits per heavy atom. The number of carbonyl (C=O) groups is 1. The highest BCUT2D eigenvalue weighted by Gasteiger charge is 2.22. The summed E-state index contributed by atoms with van der Waals surface area (Å²) in [5.74, 6) is 0.655. The van der Waals surface area contributed by atoms with Crippen LogP contribution in [-0.4, -0.2) is 48.9 Å². The van der Waals surface area contributed by atoms with Crippen molar-refractivity contribution in [1.29, 1.82) is 5.26 Å². The van der Waals surface area contributed by atoms with Gasteiger partial charge >= 0.3 is 0 Å². The van der Waals surface area contributed by atoms with Crippen molar-refractivity contribution >= 4 is 35.2 Å². The van der Waals surface area contributed by atoms with Gasteiger partial charge in [-0.2, -0.15) is 5.26 Å². The predicted octanol–water partition coefficient (Wildman–Crippen LogP) is 3.93. The standard InChI is InChI=1S/C19H17Cl2N3O2/c1-23-6-8-24(9-7-23)19(25)13(12-22)10-15-3-5-18(26-15)16-11-14(20)2-4-17(16)21/h2-5,10-11H,6-9H2,1H3. The molecule has 0 aliphatic carbocycles. The molecule has 0 saturated carbocycles. The highest BCUT2D eigenvalue weighted by Crippen LogP contribution is 2.32. The lowest BCUT2D eigenvalue weighted by Gasteiger charge is -2.32. The van der Waals surface area contributed by atoms with Crippen molar-refractivity contribution in [3.05, 3.63) is 51.7 Å². The van der Waals surface area contributed by atoms with Crippen LogP contribution in [0.15, 0.2) is 40.3 Å². The lowest BCUT2D eigenvalue weighted by atomic mass is 10.2. The van der Waals surface area contributed by atoms with E-state index in [0.717, 1.165) is 13.1 Å². The highest BCUT2D eigenvalue weighted by molar-refractivity contribution is 6.35. The van der Waals surface area contributed by atoms with Crippen LogP contribution < -0.4 is 0 Å². The molecule has 1 amide bonds. The molecule has 134 valence electrons. The molecule has 26 heavy (non-hydrogen) atoms. The summed E-state index contributed by atoms with van der Waals surface area (Å²) in [7, 11) is 2.01. The van der Waals surface area contributed by atoms with Crippen LogP contribution >= 0.6 is 23.2 Å². The Morgan fingerprint density at radius 3 is 2.62 bits per heavy atom. The molecule has 1 saturated heterocycles. The minimum atomic E-state index is -0.278. The smallest absolute Gasteiger partial charge is 0.264 e. The lowest BCUT2D eigenvalue weighted by Crippen LogP contribution is -2.47. The van der Waals surface area contributed by atoms with E-state index in [1.54, 1.807) is 35.2 Å². The average molecular weight is 390 g/mol. The molecule has 0 N–H and O–H groups in total. The van der Waals surface area contributed by atoms with Gasteiger partial charge in [-0.25, -0.2) is 0 Å². The molecule has 1 aliphatic heterocycles. The van der Waals surface area contributed by atoms with Crippen LogP contribution in [-0.2, 0) is 4.79 Å². The van der Waals surface area contributed by atoms with E-state index in [0.29, 0.717) is 40.2 Å². The van der Waals surface area contributed by atoms with E-state index in [9.17, 15) is 10.1 Å². The summed E-state index contributed by atoms with van der Waals surface area (Å²) in [6.07, 6.45) is 1.46. The van der Waals surface area contributed by atoms with Crippen LogP contribution in [0.2, 0.25) is 10.0 Å². The van der Waals surface area contributed by atoms with Crippen LogP contribution in [0.3, 0.4) is 0 Å². The van der Waals surface area contributed by atoms with Gasteiger partial charge in [-0.15, -0.1) is 0 Å². The van der Waals surface area contributed by atoms with E-state index in [1.165, 1.54) is 6.08 Å². The topological polar surface area (TPSA) is 60.5 Å². The normalized spacial score (nSPS) is 15.8. The van der Waals surface area contributed by atoms with Gasteiger partial charge in [0.15, 0.2) is 0 Å². The number of halogens is 2. The fourth-order valence-corrected chi connectivity index (χ4v) is 3.11. The molecule has 1 aromatic carbocycles. The molecule has 1 aliphatic rings. The van der Waals surface area contributed by atoms with Crippen LogP contribution in [0.25, 0.3) is 17.4 Å². The number of amides is 1. The first-order chi connectivity index (χ1) is 12.5. The molecule has 2 heterocycles. The molecule has 1 aromatic heterocycles. The maximum atomic E-state index is 12.6. The van der Waals surface area contributed by atoms with E-state index < -0.39 is 0 Å². The monoisotopic (exact) mass is 389 g/mol. The molecule has 5 nitrogen and oxygen atoms in total. The zero-order valence-corrected chi connectivity index (χ0v) is 15.7. The molecule has 7 heteroatoms. The van der Waals surface area contributed by atoms with E-state index in [1.807, 2.05) is 13.1 Å². The Morgan fingerprint density at radius 2 is 1.92 bits per heavy atom. The SMILES string of the molecule is CN1CCN(C(=O)C(C#N)=Cc2ccc(-c3cc(Cl)ccc3Cl)o2)CC1. The Hall–Kier alpha value is -2.26. The summed E-state index contributed by atoms with van der Waals surface area (Å²) in [6, 6.07) is 10.5. The number of hydrogen-bond donors (Lipinski definition) is 0. The molecule has 0 radical (unpaired) electrons. The molecule has 1 fully saturated rings. The maximum absolute atomic E-state index is 12.6. The second-order valence-corrected chi connectivity index (χ2v) is 6.94. The average Bonchev–Trinajstić information content (AvgIpc) is 3.10.